The van der Waals surface area contributed by atoms with E-state index in [0.29, 0.717) is 60.2 Å². The summed E-state index contributed by atoms with van der Waals surface area (Å²) in [6.07, 6.45) is 8.26. The van der Waals surface area contributed by atoms with Crippen LogP contribution in [0, 0.1) is 17.2 Å². The molecule has 0 amide bonds. The van der Waals surface area contributed by atoms with Crippen LogP contribution in [-0.2, 0) is 7.05 Å². The van der Waals surface area contributed by atoms with Gasteiger partial charge in [0.2, 0.25) is 11.8 Å². The summed E-state index contributed by atoms with van der Waals surface area (Å²) in [7, 11) is 1.82. The van der Waals surface area contributed by atoms with Crippen LogP contribution < -0.4 is 19.5 Å². The molecule has 0 aromatic carbocycles. The molecule has 1 fully saturated rings. The number of nitriles is 1. The van der Waals surface area contributed by atoms with Crippen molar-refractivity contribution in [2.45, 2.75) is 38.8 Å². The monoisotopic (exact) mass is 513 g/mol. The van der Waals surface area contributed by atoms with Crippen LogP contribution in [0.25, 0.3) is 22.5 Å². The summed E-state index contributed by atoms with van der Waals surface area (Å²) in [5.41, 5.74) is 2.22. The van der Waals surface area contributed by atoms with E-state index in [0.717, 1.165) is 17.5 Å². The zero-order valence-electron chi connectivity index (χ0n) is 21.3. The molecule has 12 nitrogen and oxygen atoms in total. The fourth-order valence-corrected chi connectivity index (χ4v) is 4.43. The summed E-state index contributed by atoms with van der Waals surface area (Å²) >= 11 is 0. The van der Waals surface area contributed by atoms with E-state index in [2.05, 4.69) is 36.5 Å². The number of hydrogen-bond acceptors (Lipinski definition) is 10. The lowest BCUT2D eigenvalue weighted by Gasteiger charge is -2.19. The number of ether oxygens (including phenoxy) is 3. The van der Waals surface area contributed by atoms with Crippen molar-refractivity contribution in [3.05, 3.63) is 36.9 Å². The molecule has 0 spiro atoms. The van der Waals surface area contributed by atoms with Gasteiger partial charge < -0.3 is 19.5 Å². The van der Waals surface area contributed by atoms with Crippen LogP contribution in [0.2, 0.25) is 0 Å². The highest BCUT2D eigenvalue weighted by molar-refractivity contribution is 5.75. The van der Waals surface area contributed by atoms with Crippen LogP contribution >= 0.6 is 0 Å². The van der Waals surface area contributed by atoms with Crippen molar-refractivity contribution in [1.82, 2.24) is 34.5 Å². The predicted octanol–water partition coefficient (Wildman–Crippen LogP) is 3.91. The van der Waals surface area contributed by atoms with Gasteiger partial charge in [-0.25, -0.2) is 19.6 Å². The van der Waals surface area contributed by atoms with E-state index in [1.54, 1.807) is 29.3 Å². The molecule has 38 heavy (non-hydrogen) atoms. The van der Waals surface area contributed by atoms with Crippen LogP contribution in [-0.4, -0.2) is 53.8 Å². The first-order valence-corrected chi connectivity index (χ1v) is 12.6. The second kappa shape index (κ2) is 9.66. The first kappa shape index (κ1) is 23.7. The third-order valence-electron chi connectivity index (χ3n) is 6.53. The highest BCUT2D eigenvalue weighted by Crippen LogP contribution is 2.45. The third-order valence-corrected chi connectivity index (χ3v) is 6.53. The minimum atomic E-state index is -0.172. The van der Waals surface area contributed by atoms with Crippen LogP contribution in [0.4, 0.5) is 11.6 Å². The maximum Gasteiger partial charge on any atom is 0.240 e. The average molecular weight is 514 g/mol. The Bertz CT molecular complexity index is 1520. The van der Waals surface area contributed by atoms with E-state index in [4.69, 9.17) is 14.2 Å². The summed E-state index contributed by atoms with van der Waals surface area (Å²) in [5, 5.41) is 21.5. The van der Waals surface area contributed by atoms with E-state index in [1.807, 2.05) is 37.8 Å². The molecule has 0 radical (unpaired) electrons. The van der Waals surface area contributed by atoms with Gasteiger partial charge in [0.25, 0.3) is 0 Å². The van der Waals surface area contributed by atoms with Gasteiger partial charge in [0.05, 0.1) is 49.1 Å². The Morgan fingerprint density at radius 3 is 2.92 bits per heavy atom. The fraction of sp³-hybridized carbons (Fsp3) is 0.385. The smallest absolute Gasteiger partial charge is 0.240 e. The van der Waals surface area contributed by atoms with E-state index in [1.165, 1.54) is 0 Å². The number of rotatable bonds is 4. The summed E-state index contributed by atoms with van der Waals surface area (Å²) in [6, 6.07) is 5.98. The Morgan fingerprint density at radius 2 is 2.11 bits per heavy atom. The second-order valence-corrected chi connectivity index (χ2v) is 9.31. The topological polar surface area (TPSA) is 138 Å². The van der Waals surface area contributed by atoms with Crippen molar-refractivity contribution in [1.29, 1.82) is 5.26 Å². The number of pyridine rings is 1. The molecule has 4 bridgehead atoms. The van der Waals surface area contributed by atoms with Crippen molar-refractivity contribution in [3.63, 3.8) is 0 Å². The van der Waals surface area contributed by atoms with Gasteiger partial charge in [0.15, 0.2) is 5.82 Å². The molecule has 4 aromatic heterocycles. The first-order chi connectivity index (χ1) is 18.5. The lowest BCUT2D eigenvalue weighted by Crippen LogP contribution is -2.17. The lowest BCUT2D eigenvalue weighted by atomic mass is 10.1. The van der Waals surface area contributed by atoms with Crippen LogP contribution in [0.1, 0.15) is 32.7 Å². The number of aromatic nitrogens is 7. The van der Waals surface area contributed by atoms with Gasteiger partial charge in [0.1, 0.15) is 22.9 Å². The first-order valence-electron chi connectivity index (χ1n) is 12.6. The number of hydrogen-bond donors (Lipinski definition) is 1. The van der Waals surface area contributed by atoms with Crippen molar-refractivity contribution in [2.24, 2.45) is 13.0 Å². The van der Waals surface area contributed by atoms with Gasteiger partial charge in [-0.2, -0.15) is 10.4 Å². The molecule has 3 atom stereocenters. The normalized spacial score (nSPS) is 20.1. The minimum Gasteiger partial charge on any atom is -0.490 e. The highest BCUT2D eigenvalue weighted by Gasteiger charge is 2.40. The highest BCUT2D eigenvalue weighted by atomic mass is 16.5. The molecule has 1 unspecified atom stereocenters. The lowest BCUT2D eigenvalue weighted by molar-refractivity contribution is 0.173. The largest absolute Gasteiger partial charge is 0.490 e. The van der Waals surface area contributed by atoms with Gasteiger partial charge in [-0.3, -0.25) is 4.68 Å². The Morgan fingerprint density at radius 1 is 1.21 bits per heavy atom. The van der Waals surface area contributed by atoms with Gasteiger partial charge in [0, 0.05) is 43.7 Å². The van der Waals surface area contributed by atoms with Crippen molar-refractivity contribution < 1.29 is 14.2 Å². The standard InChI is InChI=1S/C26H27N9O3/c1-4-36-25-19(14-35(33-25)20-9-16(20)11-27)17-12-29-23-10-21(17)38-15(2)6-8-37-26-18(13-30-34(26)3)24-28-7-5-22(31-23)32-24/h5,7,10,12-16,20H,4,6,8-9H2,1-3H3,(H,28,29,31,32)/t15-,16+,20?/m0/s1. The summed E-state index contributed by atoms with van der Waals surface area (Å²) in [6.45, 7) is 4.78. The Hall–Kier alpha value is -4.66. The molecule has 194 valence electrons. The predicted molar refractivity (Wildman–Crippen MR) is 137 cm³/mol. The molecule has 0 saturated heterocycles. The van der Waals surface area contributed by atoms with E-state index in [9.17, 15) is 5.26 Å². The second-order valence-electron chi connectivity index (χ2n) is 9.31. The number of anilines is 2. The summed E-state index contributed by atoms with van der Waals surface area (Å²) < 4.78 is 21.9. The molecule has 1 saturated carbocycles. The molecule has 5 heterocycles. The number of aryl methyl sites for hydroxylation is 1. The van der Waals surface area contributed by atoms with Gasteiger partial charge in [-0.15, -0.1) is 5.10 Å². The van der Waals surface area contributed by atoms with Crippen molar-refractivity contribution in [3.8, 4) is 46.1 Å². The quantitative estimate of drug-likeness (QED) is 0.427. The van der Waals surface area contributed by atoms with E-state index in [-0.39, 0.29) is 18.1 Å². The molecule has 1 aliphatic heterocycles. The summed E-state index contributed by atoms with van der Waals surface area (Å²) in [4.78, 5) is 13.7. The van der Waals surface area contributed by atoms with Gasteiger partial charge in [-0.1, -0.05) is 0 Å². The summed E-state index contributed by atoms with van der Waals surface area (Å²) in [5.74, 6) is 3.30. The van der Waals surface area contributed by atoms with Crippen LogP contribution in [0.5, 0.6) is 17.5 Å². The minimum absolute atomic E-state index is 0.0334. The Balaban J connectivity index is 1.40. The van der Waals surface area contributed by atoms with Crippen molar-refractivity contribution >= 4 is 11.6 Å². The molecular weight excluding hydrogens is 486 g/mol. The molecular formula is C26H27N9O3. The Labute approximate surface area is 219 Å². The zero-order valence-corrected chi connectivity index (χ0v) is 21.3. The number of fused-ring (bicyclic) bond motifs is 6. The number of nitrogens with zero attached hydrogens (tertiary/aromatic N) is 8. The third kappa shape index (κ3) is 4.47. The SMILES string of the molecule is CCOc1nn(C2C[C@@H]2C#N)cc1-c1cnc2cc1O[C@@H](C)CCOc1c(cnn1C)-c1nccc(n1)N2. The van der Waals surface area contributed by atoms with Crippen LogP contribution in [0.3, 0.4) is 0 Å². The molecule has 6 rings (SSSR count). The average Bonchev–Trinajstić information content (AvgIpc) is 3.45. The molecule has 1 N–H and O–H groups in total. The van der Waals surface area contributed by atoms with Gasteiger partial charge >= 0.3 is 0 Å². The van der Waals surface area contributed by atoms with Crippen molar-refractivity contribution in [2.75, 3.05) is 18.5 Å². The maximum atomic E-state index is 9.30. The van der Waals surface area contributed by atoms with Gasteiger partial charge in [-0.05, 0) is 26.3 Å². The molecule has 1 aliphatic carbocycles. The maximum absolute atomic E-state index is 9.30. The van der Waals surface area contributed by atoms with E-state index >= 15 is 0 Å². The molecule has 2 aliphatic rings. The van der Waals surface area contributed by atoms with E-state index < -0.39 is 0 Å². The Kier molecular flexibility index (Phi) is 6.03. The number of nitrogens with one attached hydrogen (secondary N) is 1. The van der Waals surface area contributed by atoms with Crippen LogP contribution in [0.15, 0.2) is 36.9 Å². The zero-order chi connectivity index (χ0) is 26.2. The fourth-order valence-electron chi connectivity index (χ4n) is 4.43. The molecule has 4 aromatic rings. The molecule has 12 heteroatoms.